The molecule has 0 saturated heterocycles. The lowest BCUT2D eigenvalue weighted by Crippen LogP contribution is -2.36. The minimum absolute atomic E-state index is 0.657. The molecule has 0 aliphatic rings. The molecule has 0 bridgehead atoms. The summed E-state index contributed by atoms with van der Waals surface area (Å²) >= 11 is 1.77. The number of hydrogen-bond donors (Lipinski definition) is 2. The third-order valence-electron chi connectivity index (χ3n) is 3.50. The molecule has 122 valence electrons. The molecule has 0 saturated carbocycles. The zero-order valence-corrected chi connectivity index (χ0v) is 15.0. The van der Waals surface area contributed by atoms with Crippen LogP contribution in [0.25, 0.3) is 0 Å². The molecule has 0 aliphatic carbocycles. The molecule has 0 aliphatic heterocycles. The van der Waals surface area contributed by atoms with Crippen molar-refractivity contribution in [1.29, 1.82) is 0 Å². The van der Waals surface area contributed by atoms with E-state index in [-0.39, 0.29) is 0 Å². The summed E-state index contributed by atoms with van der Waals surface area (Å²) in [5.41, 5.74) is 4.59. The third-order valence-corrected chi connectivity index (χ3v) is 4.32. The van der Waals surface area contributed by atoms with E-state index in [2.05, 4.69) is 52.0 Å². The Bertz CT molecular complexity index is 682. The van der Waals surface area contributed by atoms with E-state index in [1.165, 1.54) is 16.0 Å². The molecular weight excluding hydrogens is 304 g/mol. The Morgan fingerprint density at radius 1 is 1.13 bits per heavy atom. The van der Waals surface area contributed by atoms with Crippen LogP contribution < -0.4 is 10.6 Å². The molecule has 23 heavy (non-hydrogen) atoms. The highest BCUT2D eigenvalue weighted by atomic mass is 32.2. The minimum atomic E-state index is 0.657. The smallest absolute Gasteiger partial charge is 0.191 e. The van der Waals surface area contributed by atoms with E-state index in [0.29, 0.717) is 6.54 Å². The van der Waals surface area contributed by atoms with Crippen molar-refractivity contribution in [2.75, 3.05) is 13.3 Å². The zero-order chi connectivity index (χ0) is 16.7. The lowest BCUT2D eigenvalue weighted by atomic mass is 10.1. The standard InChI is InChI=1S/C18H24N4S/c1-13-8-9-15(17(10-13)23-4)11-20-18(19-3)21-12-16-7-5-6-14(2)22-16/h5-10H,11-12H2,1-4H3,(H2,19,20,21). The van der Waals surface area contributed by atoms with Gasteiger partial charge in [-0.2, -0.15) is 0 Å². The normalized spacial score (nSPS) is 11.4. The monoisotopic (exact) mass is 328 g/mol. The highest BCUT2D eigenvalue weighted by molar-refractivity contribution is 7.98. The van der Waals surface area contributed by atoms with Gasteiger partial charge in [0.1, 0.15) is 0 Å². The van der Waals surface area contributed by atoms with Crippen LogP contribution in [0.3, 0.4) is 0 Å². The second-order valence-electron chi connectivity index (χ2n) is 5.36. The van der Waals surface area contributed by atoms with E-state index in [1.807, 2.05) is 25.1 Å². The number of pyridine rings is 1. The number of aryl methyl sites for hydroxylation is 2. The summed E-state index contributed by atoms with van der Waals surface area (Å²) in [4.78, 5) is 10.1. The van der Waals surface area contributed by atoms with Gasteiger partial charge in [-0.05, 0) is 49.4 Å². The van der Waals surface area contributed by atoms with Crippen LogP contribution in [0.5, 0.6) is 0 Å². The molecule has 0 unspecified atom stereocenters. The fourth-order valence-electron chi connectivity index (χ4n) is 2.27. The van der Waals surface area contributed by atoms with Crippen LogP contribution in [0.2, 0.25) is 0 Å². The fraction of sp³-hybridized carbons (Fsp3) is 0.333. The van der Waals surface area contributed by atoms with E-state index in [1.54, 1.807) is 18.8 Å². The first kappa shape index (κ1) is 17.3. The van der Waals surface area contributed by atoms with Gasteiger partial charge in [-0.3, -0.25) is 9.98 Å². The summed E-state index contributed by atoms with van der Waals surface area (Å²) in [5, 5.41) is 6.66. The fourth-order valence-corrected chi connectivity index (χ4v) is 2.98. The predicted octanol–water partition coefficient (Wildman–Crippen LogP) is 3.29. The summed E-state index contributed by atoms with van der Waals surface area (Å²) in [5.74, 6) is 0.779. The van der Waals surface area contributed by atoms with Crippen molar-refractivity contribution in [1.82, 2.24) is 15.6 Å². The molecule has 0 atom stereocenters. The van der Waals surface area contributed by atoms with Crippen molar-refractivity contribution < 1.29 is 0 Å². The van der Waals surface area contributed by atoms with E-state index < -0.39 is 0 Å². The quantitative estimate of drug-likeness (QED) is 0.502. The lowest BCUT2D eigenvalue weighted by molar-refractivity contribution is 0.786. The Kier molecular flexibility index (Phi) is 6.47. The summed E-state index contributed by atoms with van der Waals surface area (Å²) in [7, 11) is 1.78. The molecule has 2 rings (SSSR count). The Morgan fingerprint density at radius 3 is 2.61 bits per heavy atom. The molecular formula is C18H24N4S. The van der Waals surface area contributed by atoms with E-state index in [4.69, 9.17) is 0 Å². The van der Waals surface area contributed by atoms with Gasteiger partial charge in [0.15, 0.2) is 5.96 Å². The number of thioether (sulfide) groups is 1. The SMILES string of the molecule is CN=C(NCc1cccc(C)n1)NCc1ccc(C)cc1SC. The average molecular weight is 328 g/mol. The Morgan fingerprint density at radius 2 is 1.91 bits per heavy atom. The molecule has 2 N–H and O–H groups in total. The number of nitrogens with one attached hydrogen (secondary N) is 2. The van der Waals surface area contributed by atoms with E-state index in [9.17, 15) is 0 Å². The summed E-state index contributed by atoms with van der Waals surface area (Å²) < 4.78 is 0. The van der Waals surface area contributed by atoms with Crippen molar-refractivity contribution in [2.45, 2.75) is 31.8 Å². The molecule has 1 aromatic heterocycles. The zero-order valence-electron chi connectivity index (χ0n) is 14.2. The van der Waals surface area contributed by atoms with Gasteiger partial charge in [-0.15, -0.1) is 11.8 Å². The first-order chi connectivity index (χ1) is 11.1. The molecule has 0 spiro atoms. The van der Waals surface area contributed by atoms with Gasteiger partial charge < -0.3 is 10.6 Å². The lowest BCUT2D eigenvalue weighted by Gasteiger charge is -2.14. The molecule has 2 aromatic rings. The van der Waals surface area contributed by atoms with Crippen LogP contribution in [0.4, 0.5) is 0 Å². The third kappa shape index (κ3) is 5.28. The summed E-state index contributed by atoms with van der Waals surface area (Å²) in [6.45, 7) is 5.52. The van der Waals surface area contributed by atoms with Crippen LogP contribution in [0.1, 0.15) is 22.5 Å². The van der Waals surface area contributed by atoms with E-state index >= 15 is 0 Å². The van der Waals surface area contributed by atoms with Crippen molar-refractivity contribution in [2.24, 2.45) is 4.99 Å². The maximum absolute atomic E-state index is 4.49. The van der Waals surface area contributed by atoms with Gasteiger partial charge in [0.2, 0.25) is 0 Å². The van der Waals surface area contributed by atoms with Gasteiger partial charge in [0.05, 0.1) is 12.2 Å². The predicted molar refractivity (Wildman–Crippen MR) is 99.0 cm³/mol. The molecule has 5 heteroatoms. The van der Waals surface area contributed by atoms with Gasteiger partial charge in [0, 0.05) is 24.2 Å². The van der Waals surface area contributed by atoms with Gasteiger partial charge in [0.25, 0.3) is 0 Å². The Balaban J connectivity index is 1.93. The van der Waals surface area contributed by atoms with Crippen molar-refractivity contribution in [3.05, 3.63) is 58.9 Å². The molecule has 1 heterocycles. The maximum Gasteiger partial charge on any atom is 0.191 e. The van der Waals surface area contributed by atoms with Crippen LogP contribution in [-0.2, 0) is 13.1 Å². The number of rotatable bonds is 5. The molecule has 0 amide bonds. The largest absolute Gasteiger partial charge is 0.352 e. The topological polar surface area (TPSA) is 49.3 Å². The highest BCUT2D eigenvalue weighted by Gasteiger charge is 2.04. The van der Waals surface area contributed by atoms with Crippen molar-refractivity contribution in [3.8, 4) is 0 Å². The summed E-state index contributed by atoms with van der Waals surface area (Å²) in [6.07, 6.45) is 2.11. The minimum Gasteiger partial charge on any atom is -0.352 e. The van der Waals surface area contributed by atoms with Gasteiger partial charge in [-0.25, -0.2) is 0 Å². The highest BCUT2D eigenvalue weighted by Crippen LogP contribution is 2.21. The number of benzene rings is 1. The second-order valence-corrected chi connectivity index (χ2v) is 6.21. The maximum atomic E-state index is 4.49. The number of aliphatic imine (C=N–C) groups is 1. The van der Waals surface area contributed by atoms with Gasteiger partial charge >= 0.3 is 0 Å². The summed E-state index contributed by atoms with van der Waals surface area (Å²) in [6, 6.07) is 12.6. The van der Waals surface area contributed by atoms with Gasteiger partial charge in [-0.1, -0.05) is 18.2 Å². The first-order valence-electron chi connectivity index (χ1n) is 7.63. The van der Waals surface area contributed by atoms with Crippen molar-refractivity contribution in [3.63, 3.8) is 0 Å². The van der Waals surface area contributed by atoms with Crippen LogP contribution >= 0.6 is 11.8 Å². The Hall–Kier alpha value is -2.01. The molecule has 0 fully saturated rings. The first-order valence-corrected chi connectivity index (χ1v) is 8.85. The van der Waals surface area contributed by atoms with E-state index in [0.717, 1.165) is 23.9 Å². The number of nitrogens with zero attached hydrogens (tertiary/aromatic N) is 2. The number of aromatic nitrogens is 1. The average Bonchev–Trinajstić information content (AvgIpc) is 2.56. The molecule has 1 aromatic carbocycles. The Labute approximate surface area is 142 Å². The molecule has 0 radical (unpaired) electrons. The van der Waals surface area contributed by atoms with Crippen LogP contribution in [-0.4, -0.2) is 24.2 Å². The number of hydrogen-bond acceptors (Lipinski definition) is 3. The number of guanidine groups is 1. The second kappa shape index (κ2) is 8.58. The van der Waals surface area contributed by atoms with Crippen LogP contribution in [0, 0.1) is 13.8 Å². The van der Waals surface area contributed by atoms with Crippen LogP contribution in [0.15, 0.2) is 46.3 Å². The van der Waals surface area contributed by atoms with Crippen molar-refractivity contribution >= 4 is 17.7 Å². The molecule has 4 nitrogen and oxygen atoms in total.